The minimum atomic E-state index is -0.915. The molecule has 1 N–H and O–H groups in total. The molecule has 3 aromatic rings. The summed E-state index contributed by atoms with van der Waals surface area (Å²) in [5.41, 5.74) is -0.300. The van der Waals surface area contributed by atoms with E-state index in [4.69, 9.17) is 0 Å². The van der Waals surface area contributed by atoms with Crippen LogP contribution in [0.3, 0.4) is 0 Å². The van der Waals surface area contributed by atoms with Crippen molar-refractivity contribution in [2.24, 2.45) is 0 Å². The zero-order valence-corrected chi connectivity index (χ0v) is 15.1. The van der Waals surface area contributed by atoms with E-state index in [1.807, 2.05) is 19.1 Å². The molecule has 0 aromatic carbocycles. The van der Waals surface area contributed by atoms with Crippen LogP contribution < -0.4 is 5.32 Å². The lowest BCUT2D eigenvalue weighted by atomic mass is 9.65. The van der Waals surface area contributed by atoms with E-state index in [1.54, 1.807) is 23.6 Å². The molecule has 0 amide bonds. The lowest BCUT2D eigenvalue weighted by Gasteiger charge is -2.43. The number of anilines is 1. The molecule has 0 unspecified atom stereocenters. The Bertz CT molecular complexity index is 886. The largest absolute Gasteiger partial charge is 0.359 e. The molecule has 130 valence electrons. The van der Waals surface area contributed by atoms with Gasteiger partial charge in [-0.25, -0.2) is 8.78 Å². The van der Waals surface area contributed by atoms with Gasteiger partial charge >= 0.3 is 0 Å². The molecule has 3 heterocycles. The van der Waals surface area contributed by atoms with Gasteiger partial charge in [-0.15, -0.1) is 21.5 Å². The third-order valence-electron chi connectivity index (χ3n) is 4.44. The number of hydrogen-bond acceptors (Lipinski definition) is 6. The number of nitrogens with one attached hydrogen (secondary N) is 1. The molecule has 4 nitrogen and oxygen atoms in total. The lowest BCUT2D eigenvalue weighted by Crippen LogP contribution is -2.48. The third-order valence-corrected chi connectivity index (χ3v) is 6.49. The van der Waals surface area contributed by atoms with Gasteiger partial charge in [-0.2, -0.15) is 0 Å². The number of thiophene rings is 1. The second-order valence-electron chi connectivity index (χ2n) is 6.30. The van der Waals surface area contributed by atoms with Gasteiger partial charge in [-0.1, -0.05) is 11.3 Å². The highest BCUT2D eigenvalue weighted by atomic mass is 32.1. The van der Waals surface area contributed by atoms with Crippen LogP contribution in [-0.4, -0.2) is 27.9 Å². The van der Waals surface area contributed by atoms with E-state index in [2.05, 4.69) is 20.5 Å². The Hall–Kier alpha value is -1.93. The van der Waals surface area contributed by atoms with Crippen LogP contribution >= 0.6 is 22.7 Å². The molecular weight excluding hydrogens is 362 g/mol. The van der Waals surface area contributed by atoms with Gasteiger partial charge in [0.25, 0.3) is 0 Å². The normalized spacial score (nSPS) is 22.6. The Morgan fingerprint density at radius 3 is 2.76 bits per heavy atom. The standard InChI is InChI=1S/C17H16F2N4S2/c1-10-4-5-13(24-10)15-22-23-16(25-15)21-9-17(7-11(18)8-17)14-12(19)3-2-6-20-14/h2-6,11H,7-9H2,1H3,(H,21,23). The predicted molar refractivity (Wildman–Crippen MR) is 96.5 cm³/mol. The first-order valence-electron chi connectivity index (χ1n) is 7.95. The van der Waals surface area contributed by atoms with Crippen molar-refractivity contribution in [1.29, 1.82) is 0 Å². The first kappa shape index (κ1) is 16.5. The van der Waals surface area contributed by atoms with E-state index in [0.29, 0.717) is 17.4 Å². The molecule has 1 saturated carbocycles. The number of hydrogen-bond donors (Lipinski definition) is 1. The minimum Gasteiger partial charge on any atom is -0.359 e. The van der Waals surface area contributed by atoms with Gasteiger partial charge in [0, 0.05) is 23.0 Å². The summed E-state index contributed by atoms with van der Waals surface area (Å²) in [6.07, 6.45) is 1.17. The third kappa shape index (κ3) is 3.16. The Morgan fingerprint density at radius 2 is 2.08 bits per heavy atom. The molecular formula is C17H16F2N4S2. The molecule has 3 aromatic heterocycles. The number of halogens is 2. The summed E-state index contributed by atoms with van der Waals surface area (Å²) in [5.74, 6) is -0.386. The molecule has 0 atom stereocenters. The number of aryl methyl sites for hydroxylation is 1. The maximum atomic E-state index is 14.1. The maximum Gasteiger partial charge on any atom is 0.206 e. The highest BCUT2D eigenvalue weighted by Crippen LogP contribution is 2.46. The van der Waals surface area contributed by atoms with Crippen LogP contribution in [0.1, 0.15) is 23.4 Å². The Balaban J connectivity index is 1.51. The fraction of sp³-hybridized carbons (Fsp3) is 0.353. The molecule has 0 saturated heterocycles. The summed E-state index contributed by atoms with van der Waals surface area (Å²) in [6.45, 7) is 2.43. The first-order valence-corrected chi connectivity index (χ1v) is 9.58. The van der Waals surface area contributed by atoms with Crippen molar-refractivity contribution >= 4 is 27.8 Å². The summed E-state index contributed by atoms with van der Waals surface area (Å²) in [5, 5.41) is 13.1. The number of nitrogens with zero attached hydrogens (tertiary/aromatic N) is 3. The Kier molecular flexibility index (Phi) is 4.24. The Labute approximate surface area is 152 Å². The van der Waals surface area contributed by atoms with Gasteiger partial charge in [0.05, 0.1) is 10.6 Å². The smallest absolute Gasteiger partial charge is 0.206 e. The van der Waals surface area contributed by atoms with Gasteiger partial charge in [0.15, 0.2) is 5.01 Å². The van der Waals surface area contributed by atoms with Crippen LogP contribution in [0.2, 0.25) is 0 Å². The van der Waals surface area contributed by atoms with E-state index in [1.165, 1.54) is 22.3 Å². The van der Waals surface area contributed by atoms with Crippen LogP contribution in [0.4, 0.5) is 13.9 Å². The average Bonchev–Trinajstić information content (AvgIpc) is 3.20. The molecule has 0 bridgehead atoms. The highest BCUT2D eigenvalue weighted by Gasteiger charge is 2.48. The molecule has 1 fully saturated rings. The fourth-order valence-corrected chi connectivity index (χ4v) is 4.83. The molecule has 0 spiro atoms. The predicted octanol–water partition coefficient (Wildman–Crippen LogP) is 4.59. The van der Waals surface area contributed by atoms with E-state index in [0.717, 1.165) is 9.88 Å². The van der Waals surface area contributed by atoms with E-state index in [9.17, 15) is 8.78 Å². The second-order valence-corrected chi connectivity index (χ2v) is 8.56. The van der Waals surface area contributed by atoms with Crippen LogP contribution in [0, 0.1) is 12.7 Å². The minimum absolute atomic E-state index is 0.268. The highest BCUT2D eigenvalue weighted by molar-refractivity contribution is 7.23. The van der Waals surface area contributed by atoms with Gasteiger partial charge in [0.2, 0.25) is 5.13 Å². The SMILES string of the molecule is Cc1ccc(-c2nnc(NCC3(c4ncccc4F)CC(F)C3)s2)s1. The van der Waals surface area contributed by atoms with E-state index in [-0.39, 0.29) is 18.7 Å². The van der Waals surface area contributed by atoms with Gasteiger partial charge in [-0.3, -0.25) is 4.98 Å². The fourth-order valence-electron chi connectivity index (χ4n) is 3.17. The maximum absolute atomic E-state index is 14.1. The number of alkyl halides is 1. The summed E-state index contributed by atoms with van der Waals surface area (Å²) in [7, 11) is 0. The zero-order valence-electron chi connectivity index (χ0n) is 13.5. The van der Waals surface area contributed by atoms with Crippen LogP contribution in [0.25, 0.3) is 9.88 Å². The van der Waals surface area contributed by atoms with E-state index >= 15 is 0 Å². The van der Waals surface area contributed by atoms with Crippen molar-refractivity contribution in [3.63, 3.8) is 0 Å². The van der Waals surface area contributed by atoms with Gasteiger partial charge in [-0.05, 0) is 44.0 Å². The van der Waals surface area contributed by atoms with Crippen molar-refractivity contribution < 1.29 is 8.78 Å². The van der Waals surface area contributed by atoms with Crippen molar-refractivity contribution in [3.05, 3.63) is 46.9 Å². The molecule has 25 heavy (non-hydrogen) atoms. The van der Waals surface area contributed by atoms with Crippen molar-refractivity contribution in [2.75, 3.05) is 11.9 Å². The monoisotopic (exact) mass is 378 g/mol. The average molecular weight is 378 g/mol. The van der Waals surface area contributed by atoms with E-state index < -0.39 is 11.6 Å². The molecule has 0 radical (unpaired) electrons. The zero-order chi connectivity index (χ0) is 17.4. The van der Waals surface area contributed by atoms with Crippen molar-refractivity contribution in [2.45, 2.75) is 31.4 Å². The molecule has 1 aliphatic carbocycles. The summed E-state index contributed by atoms with van der Waals surface area (Å²) in [6, 6.07) is 6.99. The molecule has 0 aliphatic heterocycles. The van der Waals surface area contributed by atoms with Crippen molar-refractivity contribution in [3.8, 4) is 9.88 Å². The molecule has 4 rings (SSSR count). The number of pyridine rings is 1. The van der Waals surface area contributed by atoms with Crippen LogP contribution in [0.15, 0.2) is 30.5 Å². The van der Waals surface area contributed by atoms with Crippen LogP contribution in [-0.2, 0) is 5.41 Å². The summed E-state index contributed by atoms with van der Waals surface area (Å²) >= 11 is 3.11. The second kappa shape index (κ2) is 6.42. The van der Waals surface area contributed by atoms with Gasteiger partial charge < -0.3 is 5.32 Å². The quantitative estimate of drug-likeness (QED) is 0.705. The first-order chi connectivity index (χ1) is 12.1. The topological polar surface area (TPSA) is 50.7 Å². The Morgan fingerprint density at radius 1 is 1.24 bits per heavy atom. The number of aromatic nitrogens is 3. The number of rotatable bonds is 5. The lowest BCUT2D eigenvalue weighted by molar-refractivity contribution is 0.0965. The summed E-state index contributed by atoms with van der Waals surface area (Å²) in [4.78, 5) is 6.45. The molecule has 8 heteroatoms. The van der Waals surface area contributed by atoms with Gasteiger partial charge in [0.1, 0.15) is 12.0 Å². The van der Waals surface area contributed by atoms with Crippen molar-refractivity contribution in [1.82, 2.24) is 15.2 Å². The van der Waals surface area contributed by atoms with Crippen LogP contribution in [0.5, 0.6) is 0 Å². The summed E-state index contributed by atoms with van der Waals surface area (Å²) < 4.78 is 27.7. The molecule has 1 aliphatic rings.